The Kier molecular flexibility index (Phi) is 7.15. The molecule has 3 aromatic carbocycles. The van der Waals surface area contributed by atoms with Gasteiger partial charge in [-0.15, -0.1) is 0 Å². The molecule has 0 heterocycles. The normalized spacial score (nSPS) is 12.9. The molecule has 0 spiro atoms. The molecule has 0 aliphatic carbocycles. The minimum Gasteiger partial charge on any atom is -0.507 e. The highest BCUT2D eigenvalue weighted by molar-refractivity contribution is 5.61. The SMILES string of the molecule is CC(C)(C)c1cc(F)cc(C(c2cc(F)cc(C(C)(C)C)c2O)c2cc(F)cc(C(C)(C)C)c2O)c1O. The lowest BCUT2D eigenvalue weighted by molar-refractivity contribution is 0.419. The predicted octanol–water partition coefficient (Wildman–Crippen LogP) is 8.29. The average molecular weight is 515 g/mol. The highest BCUT2D eigenvalue weighted by atomic mass is 19.1. The molecule has 0 aromatic heterocycles. The van der Waals surface area contributed by atoms with Crippen molar-refractivity contribution in [3.8, 4) is 17.2 Å². The molecule has 0 aliphatic rings. The molecule has 0 unspecified atom stereocenters. The molecular formula is C31H37F3O3. The average Bonchev–Trinajstić information content (AvgIpc) is 2.72. The predicted molar refractivity (Wildman–Crippen MR) is 141 cm³/mol. The van der Waals surface area contributed by atoms with Gasteiger partial charge in [0.2, 0.25) is 0 Å². The van der Waals surface area contributed by atoms with Crippen LogP contribution in [0.1, 0.15) is 102 Å². The van der Waals surface area contributed by atoms with Crippen LogP contribution in [0.5, 0.6) is 17.2 Å². The van der Waals surface area contributed by atoms with Crippen LogP contribution >= 0.6 is 0 Å². The molecule has 0 amide bonds. The summed E-state index contributed by atoms with van der Waals surface area (Å²) < 4.78 is 45.1. The zero-order valence-corrected chi connectivity index (χ0v) is 23.0. The van der Waals surface area contributed by atoms with Crippen molar-refractivity contribution in [1.82, 2.24) is 0 Å². The maximum Gasteiger partial charge on any atom is 0.124 e. The highest BCUT2D eigenvalue weighted by Crippen LogP contribution is 2.50. The smallest absolute Gasteiger partial charge is 0.124 e. The van der Waals surface area contributed by atoms with E-state index in [1.165, 1.54) is 18.2 Å². The van der Waals surface area contributed by atoms with Crippen LogP contribution in [0.4, 0.5) is 13.2 Å². The van der Waals surface area contributed by atoms with Gasteiger partial charge in [0.15, 0.2) is 0 Å². The second-order valence-corrected chi connectivity index (χ2v) is 12.9. The summed E-state index contributed by atoms with van der Waals surface area (Å²) >= 11 is 0. The van der Waals surface area contributed by atoms with Gasteiger partial charge in [0.25, 0.3) is 0 Å². The zero-order chi connectivity index (χ0) is 28.2. The van der Waals surface area contributed by atoms with E-state index in [0.29, 0.717) is 0 Å². The lowest BCUT2D eigenvalue weighted by Crippen LogP contribution is -2.18. The van der Waals surface area contributed by atoms with Crippen molar-refractivity contribution in [2.24, 2.45) is 0 Å². The first-order valence-corrected chi connectivity index (χ1v) is 12.3. The molecule has 0 fully saturated rings. The minimum absolute atomic E-state index is 0.0218. The van der Waals surface area contributed by atoms with Gasteiger partial charge in [-0.05, 0) is 52.6 Å². The van der Waals surface area contributed by atoms with Crippen molar-refractivity contribution in [3.05, 3.63) is 87.2 Å². The fraction of sp³-hybridized carbons (Fsp3) is 0.419. The lowest BCUT2D eigenvalue weighted by Gasteiger charge is -2.30. The van der Waals surface area contributed by atoms with Gasteiger partial charge in [-0.3, -0.25) is 0 Å². The monoisotopic (exact) mass is 514 g/mol. The molecule has 3 rings (SSSR count). The van der Waals surface area contributed by atoms with Crippen molar-refractivity contribution in [2.45, 2.75) is 84.5 Å². The Morgan fingerprint density at radius 2 is 0.676 bits per heavy atom. The molecule has 6 heteroatoms. The summed E-state index contributed by atoms with van der Waals surface area (Å²) in [5, 5.41) is 34.2. The summed E-state index contributed by atoms with van der Waals surface area (Å²) in [7, 11) is 0. The summed E-state index contributed by atoms with van der Waals surface area (Å²) in [4.78, 5) is 0. The van der Waals surface area contributed by atoms with Crippen LogP contribution in [0.15, 0.2) is 36.4 Å². The lowest BCUT2D eigenvalue weighted by atomic mass is 9.75. The van der Waals surface area contributed by atoms with Crippen molar-refractivity contribution in [3.63, 3.8) is 0 Å². The fourth-order valence-electron chi connectivity index (χ4n) is 4.74. The third-order valence-corrected chi connectivity index (χ3v) is 6.67. The van der Waals surface area contributed by atoms with E-state index in [0.717, 1.165) is 18.2 Å². The van der Waals surface area contributed by atoms with E-state index >= 15 is 13.2 Å². The number of hydrogen-bond acceptors (Lipinski definition) is 3. The summed E-state index contributed by atoms with van der Waals surface area (Å²) in [5.41, 5.74) is -1.24. The number of phenolic OH excluding ortho intramolecular Hbond substituents is 3. The Bertz CT molecular complexity index is 1170. The summed E-state index contributed by atoms with van der Waals surface area (Å²) in [6, 6.07) is 6.89. The van der Waals surface area contributed by atoms with Crippen molar-refractivity contribution in [2.75, 3.05) is 0 Å². The Balaban J connectivity index is 2.56. The molecule has 0 atom stereocenters. The first-order valence-electron chi connectivity index (χ1n) is 12.3. The minimum atomic E-state index is -1.29. The maximum atomic E-state index is 15.0. The standard InChI is InChI=1S/C31H37F3O3/c1-29(2,3)22-13-16(32)10-19(26(22)35)25(20-11-17(33)14-23(27(20)36)30(4,5)6)21-12-18(34)15-24(28(21)37)31(7,8)9/h10-15,25,35-37H,1-9H3. The summed E-state index contributed by atoms with van der Waals surface area (Å²) in [6.07, 6.45) is 0. The number of aromatic hydroxyl groups is 3. The van der Waals surface area contributed by atoms with E-state index in [2.05, 4.69) is 0 Å². The van der Waals surface area contributed by atoms with Crippen LogP contribution in [-0.2, 0) is 16.2 Å². The molecule has 3 N–H and O–H groups in total. The highest BCUT2D eigenvalue weighted by Gasteiger charge is 2.34. The topological polar surface area (TPSA) is 60.7 Å². The number of phenols is 3. The van der Waals surface area contributed by atoms with Gasteiger partial charge >= 0.3 is 0 Å². The molecular weight excluding hydrogens is 477 g/mol. The third kappa shape index (κ3) is 5.58. The van der Waals surface area contributed by atoms with Gasteiger partial charge in [-0.25, -0.2) is 13.2 Å². The van der Waals surface area contributed by atoms with Crippen LogP contribution in [0.2, 0.25) is 0 Å². The number of rotatable bonds is 3. The van der Waals surface area contributed by atoms with Crippen molar-refractivity contribution in [1.29, 1.82) is 0 Å². The Hall–Kier alpha value is -3.15. The Labute approximate surface area is 217 Å². The molecule has 0 saturated carbocycles. The van der Waals surface area contributed by atoms with Crippen LogP contribution in [0, 0.1) is 17.5 Å². The summed E-state index contributed by atoms with van der Waals surface area (Å²) in [5.74, 6) is -4.11. The van der Waals surface area contributed by atoms with E-state index in [-0.39, 0.29) is 50.6 Å². The number of hydrogen-bond donors (Lipinski definition) is 3. The Morgan fingerprint density at radius 3 is 0.865 bits per heavy atom. The van der Waals surface area contributed by atoms with Crippen molar-refractivity contribution < 1.29 is 28.5 Å². The maximum absolute atomic E-state index is 15.0. The van der Waals surface area contributed by atoms with Gasteiger partial charge in [-0.1, -0.05) is 62.3 Å². The van der Waals surface area contributed by atoms with E-state index in [9.17, 15) is 15.3 Å². The van der Waals surface area contributed by atoms with Crippen LogP contribution in [0.3, 0.4) is 0 Å². The molecule has 0 bridgehead atoms. The molecule has 200 valence electrons. The number of benzene rings is 3. The first kappa shape index (κ1) is 28.4. The summed E-state index contributed by atoms with van der Waals surface area (Å²) in [6.45, 7) is 16.2. The second kappa shape index (κ2) is 9.30. The molecule has 0 radical (unpaired) electrons. The fourth-order valence-corrected chi connectivity index (χ4v) is 4.74. The van der Waals surface area contributed by atoms with E-state index in [1.807, 2.05) is 0 Å². The largest absolute Gasteiger partial charge is 0.507 e. The van der Waals surface area contributed by atoms with Crippen molar-refractivity contribution >= 4 is 0 Å². The molecule has 37 heavy (non-hydrogen) atoms. The number of halogens is 3. The quantitative estimate of drug-likeness (QED) is 0.308. The van der Waals surface area contributed by atoms with Gasteiger partial charge in [0.1, 0.15) is 34.7 Å². The third-order valence-electron chi connectivity index (χ3n) is 6.67. The molecule has 3 aromatic rings. The Morgan fingerprint density at radius 1 is 0.459 bits per heavy atom. The first-order chi connectivity index (χ1) is 16.7. The van der Waals surface area contributed by atoms with Crippen LogP contribution in [0.25, 0.3) is 0 Å². The zero-order valence-electron chi connectivity index (χ0n) is 23.0. The molecule has 0 aliphatic heterocycles. The second-order valence-electron chi connectivity index (χ2n) is 12.9. The van der Waals surface area contributed by atoms with E-state index < -0.39 is 39.6 Å². The molecule has 3 nitrogen and oxygen atoms in total. The van der Waals surface area contributed by atoms with Gasteiger partial charge in [-0.2, -0.15) is 0 Å². The van der Waals surface area contributed by atoms with Crippen LogP contribution < -0.4 is 0 Å². The van der Waals surface area contributed by atoms with E-state index in [4.69, 9.17) is 0 Å². The van der Waals surface area contributed by atoms with Gasteiger partial charge < -0.3 is 15.3 Å². The van der Waals surface area contributed by atoms with Gasteiger partial charge in [0.05, 0.1) is 0 Å². The molecule has 0 saturated heterocycles. The van der Waals surface area contributed by atoms with E-state index in [1.54, 1.807) is 62.3 Å². The van der Waals surface area contributed by atoms with Gasteiger partial charge in [0, 0.05) is 39.3 Å². The van der Waals surface area contributed by atoms with Crippen LogP contribution in [-0.4, -0.2) is 15.3 Å².